The third-order valence-electron chi connectivity index (χ3n) is 3.43. The lowest BCUT2D eigenvalue weighted by molar-refractivity contribution is -0.125. The van der Waals surface area contributed by atoms with E-state index in [4.69, 9.17) is 11.5 Å². The molecule has 0 aliphatic heterocycles. The van der Waals surface area contributed by atoms with Gasteiger partial charge in [-0.05, 0) is 19.2 Å². The molecule has 2 aromatic rings. The number of nitrogens with zero attached hydrogens (tertiary/aromatic N) is 1. The summed E-state index contributed by atoms with van der Waals surface area (Å²) in [6.45, 7) is 3.50. The summed E-state index contributed by atoms with van der Waals surface area (Å²) in [6, 6.07) is 7.27. The Morgan fingerprint density at radius 2 is 1.86 bits per heavy atom. The van der Waals surface area contributed by atoms with Gasteiger partial charge in [-0.1, -0.05) is 24.3 Å². The molecule has 0 aliphatic carbocycles. The lowest BCUT2D eigenvalue weighted by Gasteiger charge is -2.20. The van der Waals surface area contributed by atoms with Crippen molar-refractivity contribution in [2.45, 2.75) is 13.8 Å². The van der Waals surface area contributed by atoms with E-state index in [-0.39, 0.29) is 12.5 Å². The second kappa shape index (κ2) is 5.40. The van der Waals surface area contributed by atoms with E-state index in [9.17, 15) is 9.59 Å². The molecule has 6 nitrogen and oxygen atoms in total. The molecular weight excluding hydrogens is 268 g/mol. The number of pyridine rings is 1. The third kappa shape index (κ3) is 2.94. The second-order valence-corrected chi connectivity index (χ2v) is 5.53. The van der Waals surface area contributed by atoms with Crippen molar-refractivity contribution in [2.75, 3.05) is 12.3 Å². The summed E-state index contributed by atoms with van der Waals surface area (Å²) < 4.78 is 0. The van der Waals surface area contributed by atoms with Gasteiger partial charge in [-0.2, -0.15) is 0 Å². The quantitative estimate of drug-likeness (QED) is 0.780. The normalized spacial score (nSPS) is 11.3. The van der Waals surface area contributed by atoms with Crippen molar-refractivity contribution in [1.82, 2.24) is 10.3 Å². The number of nitrogen functional groups attached to an aromatic ring is 1. The van der Waals surface area contributed by atoms with Crippen molar-refractivity contribution in [3.63, 3.8) is 0 Å². The van der Waals surface area contributed by atoms with Gasteiger partial charge in [-0.25, -0.2) is 4.98 Å². The maximum Gasteiger partial charge on any atom is 0.253 e. The molecule has 0 saturated carbocycles. The molecule has 0 fully saturated rings. The summed E-state index contributed by atoms with van der Waals surface area (Å²) in [6.07, 6.45) is 1.43. The van der Waals surface area contributed by atoms with E-state index < -0.39 is 11.3 Å². The zero-order valence-electron chi connectivity index (χ0n) is 12.0. The fourth-order valence-electron chi connectivity index (χ4n) is 1.88. The van der Waals surface area contributed by atoms with E-state index in [2.05, 4.69) is 10.3 Å². The number of hydrogen-bond acceptors (Lipinski definition) is 4. The van der Waals surface area contributed by atoms with Crippen LogP contribution in [0, 0.1) is 5.41 Å². The van der Waals surface area contributed by atoms with Gasteiger partial charge in [0.1, 0.15) is 5.82 Å². The number of fused-ring (bicyclic) bond motifs is 1. The maximum absolute atomic E-state index is 12.3. The van der Waals surface area contributed by atoms with Crippen molar-refractivity contribution < 1.29 is 9.59 Å². The number of carbonyl (C=O) groups is 2. The number of benzene rings is 1. The van der Waals surface area contributed by atoms with E-state index in [1.165, 1.54) is 6.20 Å². The van der Waals surface area contributed by atoms with Crippen LogP contribution in [0.5, 0.6) is 0 Å². The summed E-state index contributed by atoms with van der Waals surface area (Å²) in [4.78, 5) is 27.6. The van der Waals surface area contributed by atoms with Crippen LogP contribution in [-0.2, 0) is 4.79 Å². The Balaban J connectivity index is 2.29. The lowest BCUT2D eigenvalue weighted by Crippen LogP contribution is -2.42. The van der Waals surface area contributed by atoms with Crippen molar-refractivity contribution in [3.8, 4) is 0 Å². The highest BCUT2D eigenvalue weighted by Gasteiger charge is 2.26. The molecule has 110 valence electrons. The Kier molecular flexibility index (Phi) is 3.80. The Morgan fingerprint density at radius 1 is 1.24 bits per heavy atom. The van der Waals surface area contributed by atoms with Crippen LogP contribution in [0.2, 0.25) is 0 Å². The van der Waals surface area contributed by atoms with E-state index in [0.29, 0.717) is 11.4 Å². The van der Waals surface area contributed by atoms with Gasteiger partial charge in [0.15, 0.2) is 0 Å². The van der Waals surface area contributed by atoms with E-state index in [0.717, 1.165) is 10.8 Å². The van der Waals surface area contributed by atoms with Crippen LogP contribution in [0.4, 0.5) is 5.82 Å². The van der Waals surface area contributed by atoms with Gasteiger partial charge in [0, 0.05) is 18.1 Å². The van der Waals surface area contributed by atoms with Gasteiger partial charge in [0.25, 0.3) is 5.91 Å². The zero-order chi connectivity index (χ0) is 15.6. The van der Waals surface area contributed by atoms with E-state index in [1.807, 2.05) is 24.3 Å². The fraction of sp³-hybridized carbons (Fsp3) is 0.267. The fourth-order valence-corrected chi connectivity index (χ4v) is 1.88. The molecule has 1 aromatic carbocycles. The van der Waals surface area contributed by atoms with Crippen molar-refractivity contribution in [2.24, 2.45) is 11.1 Å². The van der Waals surface area contributed by atoms with Crippen LogP contribution in [0.1, 0.15) is 24.2 Å². The summed E-state index contributed by atoms with van der Waals surface area (Å²) in [7, 11) is 0. The Bertz CT molecular complexity index is 710. The minimum Gasteiger partial charge on any atom is -0.383 e. The molecule has 0 radical (unpaired) electrons. The van der Waals surface area contributed by atoms with Gasteiger partial charge in [-0.3, -0.25) is 9.59 Å². The number of carbonyl (C=O) groups excluding carboxylic acids is 2. The highest BCUT2D eigenvalue weighted by molar-refractivity contribution is 6.09. The average Bonchev–Trinajstić information content (AvgIpc) is 2.45. The number of amides is 2. The topological polar surface area (TPSA) is 111 Å². The molecule has 21 heavy (non-hydrogen) atoms. The number of primary amides is 1. The largest absolute Gasteiger partial charge is 0.383 e. The minimum atomic E-state index is -0.813. The van der Waals surface area contributed by atoms with Crippen LogP contribution in [0.3, 0.4) is 0 Å². The van der Waals surface area contributed by atoms with Gasteiger partial charge in [0.05, 0.1) is 11.0 Å². The third-order valence-corrected chi connectivity index (χ3v) is 3.43. The molecule has 0 spiro atoms. The van der Waals surface area contributed by atoms with Gasteiger partial charge < -0.3 is 16.8 Å². The molecule has 6 heteroatoms. The molecular formula is C15H18N4O2. The molecule has 0 unspecified atom stereocenters. The predicted octanol–water partition coefficient (Wildman–Crippen LogP) is 1.06. The zero-order valence-corrected chi connectivity index (χ0v) is 12.0. The summed E-state index contributed by atoms with van der Waals surface area (Å²) in [5.74, 6) is -0.407. The van der Waals surface area contributed by atoms with Crippen LogP contribution in [-0.4, -0.2) is 23.3 Å². The van der Waals surface area contributed by atoms with Crippen LogP contribution >= 0.6 is 0 Å². The maximum atomic E-state index is 12.3. The first-order valence-electron chi connectivity index (χ1n) is 6.54. The first-order chi connectivity index (χ1) is 9.83. The predicted molar refractivity (Wildman–Crippen MR) is 81.5 cm³/mol. The highest BCUT2D eigenvalue weighted by Crippen LogP contribution is 2.22. The van der Waals surface area contributed by atoms with Crippen molar-refractivity contribution in [1.29, 1.82) is 0 Å². The van der Waals surface area contributed by atoms with Gasteiger partial charge in [0.2, 0.25) is 5.91 Å². The van der Waals surface area contributed by atoms with E-state index in [1.54, 1.807) is 13.8 Å². The molecule has 2 rings (SSSR count). The van der Waals surface area contributed by atoms with Gasteiger partial charge in [-0.15, -0.1) is 0 Å². The van der Waals surface area contributed by atoms with Crippen LogP contribution < -0.4 is 16.8 Å². The molecule has 5 N–H and O–H groups in total. The number of rotatable bonds is 4. The van der Waals surface area contributed by atoms with Crippen molar-refractivity contribution >= 4 is 28.4 Å². The highest BCUT2D eigenvalue weighted by atomic mass is 16.2. The number of hydrogen-bond donors (Lipinski definition) is 3. The smallest absolute Gasteiger partial charge is 0.253 e. The first-order valence-corrected chi connectivity index (χ1v) is 6.54. The van der Waals surface area contributed by atoms with Crippen LogP contribution in [0.25, 0.3) is 10.8 Å². The first kappa shape index (κ1) is 14.8. The van der Waals surface area contributed by atoms with Gasteiger partial charge >= 0.3 is 0 Å². The Labute approximate surface area is 122 Å². The van der Waals surface area contributed by atoms with E-state index >= 15 is 0 Å². The molecule has 0 atom stereocenters. The molecule has 0 saturated heterocycles. The second-order valence-electron chi connectivity index (χ2n) is 5.53. The van der Waals surface area contributed by atoms with Crippen LogP contribution in [0.15, 0.2) is 30.5 Å². The van der Waals surface area contributed by atoms with Crippen molar-refractivity contribution in [3.05, 3.63) is 36.0 Å². The molecule has 0 aliphatic rings. The average molecular weight is 286 g/mol. The molecule has 1 aromatic heterocycles. The number of aromatic nitrogens is 1. The number of nitrogens with two attached hydrogens (primary N) is 2. The summed E-state index contributed by atoms with van der Waals surface area (Å²) in [5, 5.41) is 4.15. The summed E-state index contributed by atoms with van der Waals surface area (Å²) in [5.41, 5.74) is 10.7. The summed E-state index contributed by atoms with van der Waals surface area (Å²) >= 11 is 0. The number of anilines is 1. The molecule has 2 amide bonds. The monoisotopic (exact) mass is 286 g/mol. The Hall–Kier alpha value is -2.63. The standard InChI is InChI=1S/C15H18N4O2/c1-15(2,14(17)21)8-19-13(20)11-7-18-12(16)10-6-4-3-5-9(10)11/h3-7H,8H2,1-2H3,(H2,16,18)(H2,17,21)(H,19,20). The Morgan fingerprint density at radius 3 is 2.48 bits per heavy atom. The molecule has 1 heterocycles. The number of nitrogens with one attached hydrogen (secondary N) is 1. The lowest BCUT2D eigenvalue weighted by atomic mass is 9.92. The molecule has 0 bridgehead atoms. The minimum absolute atomic E-state index is 0.153. The SMILES string of the molecule is CC(C)(CNC(=O)c1cnc(N)c2ccccc12)C(N)=O.